The first-order chi connectivity index (χ1) is 15.0. The molecule has 0 fully saturated rings. The van der Waals surface area contributed by atoms with Crippen LogP contribution in [0.4, 0.5) is 0 Å². The van der Waals surface area contributed by atoms with E-state index in [4.69, 9.17) is 27.9 Å². The van der Waals surface area contributed by atoms with E-state index < -0.39 is 0 Å². The van der Waals surface area contributed by atoms with E-state index in [1.807, 2.05) is 23.6 Å². The van der Waals surface area contributed by atoms with Crippen molar-refractivity contribution in [3.05, 3.63) is 82.6 Å². The van der Waals surface area contributed by atoms with Crippen LogP contribution in [0.3, 0.4) is 0 Å². The zero-order valence-corrected chi connectivity index (χ0v) is 19.3. The standard InChI is InChI=1S/C22H22Cl2N4O2S/c1-3-12-28-20(13-30-19-10-8-18(24)9-11-19)26-27-22(28)31-14-21(29)25-15(2)16-4-6-17(23)7-5-16/h3-11,15H,1,12-14H2,2H3,(H,25,29). The quantitative estimate of drug-likeness (QED) is 0.316. The Hall–Kier alpha value is -2.48. The number of ether oxygens (including phenoxy) is 1. The highest BCUT2D eigenvalue weighted by molar-refractivity contribution is 7.99. The van der Waals surface area contributed by atoms with Gasteiger partial charge in [0.15, 0.2) is 11.0 Å². The summed E-state index contributed by atoms with van der Waals surface area (Å²) in [7, 11) is 0. The molecule has 3 rings (SSSR count). The van der Waals surface area contributed by atoms with Crippen molar-refractivity contribution >= 4 is 40.9 Å². The molecule has 0 saturated carbocycles. The highest BCUT2D eigenvalue weighted by atomic mass is 35.5. The Morgan fingerprint density at radius 2 is 1.81 bits per heavy atom. The number of halogens is 2. The van der Waals surface area contributed by atoms with Crippen molar-refractivity contribution in [1.29, 1.82) is 0 Å². The molecule has 31 heavy (non-hydrogen) atoms. The number of hydrogen-bond acceptors (Lipinski definition) is 5. The molecule has 0 aliphatic rings. The van der Waals surface area contributed by atoms with Crippen molar-refractivity contribution in [1.82, 2.24) is 20.1 Å². The summed E-state index contributed by atoms with van der Waals surface area (Å²) in [6, 6.07) is 14.4. The van der Waals surface area contributed by atoms with Gasteiger partial charge in [0.2, 0.25) is 5.91 Å². The number of allylic oxidation sites excluding steroid dienone is 1. The number of nitrogens with zero attached hydrogens (tertiary/aromatic N) is 3. The maximum absolute atomic E-state index is 12.4. The molecule has 0 aliphatic carbocycles. The van der Waals surface area contributed by atoms with Crippen LogP contribution in [-0.2, 0) is 17.9 Å². The van der Waals surface area contributed by atoms with E-state index >= 15 is 0 Å². The van der Waals surface area contributed by atoms with Crippen LogP contribution in [0.5, 0.6) is 5.75 Å². The van der Waals surface area contributed by atoms with Crippen LogP contribution in [-0.4, -0.2) is 26.4 Å². The summed E-state index contributed by atoms with van der Waals surface area (Å²) in [4.78, 5) is 12.4. The third-order valence-corrected chi connectivity index (χ3v) is 5.84. The zero-order chi connectivity index (χ0) is 22.2. The fourth-order valence-corrected chi connectivity index (χ4v) is 3.80. The molecule has 0 saturated heterocycles. The van der Waals surface area contributed by atoms with Gasteiger partial charge >= 0.3 is 0 Å². The highest BCUT2D eigenvalue weighted by Crippen LogP contribution is 2.21. The second-order valence-electron chi connectivity index (χ2n) is 6.67. The lowest BCUT2D eigenvalue weighted by Gasteiger charge is -2.14. The Labute approximate surface area is 195 Å². The second kappa shape index (κ2) is 11.2. The lowest BCUT2D eigenvalue weighted by atomic mass is 10.1. The van der Waals surface area contributed by atoms with Crippen LogP contribution in [0, 0.1) is 0 Å². The van der Waals surface area contributed by atoms with Gasteiger partial charge in [-0.3, -0.25) is 9.36 Å². The third kappa shape index (κ3) is 6.75. The third-order valence-electron chi connectivity index (χ3n) is 4.37. The van der Waals surface area contributed by atoms with Crippen LogP contribution >= 0.6 is 35.0 Å². The SMILES string of the molecule is C=CCn1c(COc2ccc(Cl)cc2)nnc1SCC(=O)NC(C)c1ccc(Cl)cc1. The molecule has 0 aliphatic heterocycles. The first-order valence-electron chi connectivity index (χ1n) is 9.55. The molecule has 1 atom stereocenters. The van der Waals surface area contributed by atoms with Gasteiger partial charge in [0.1, 0.15) is 12.4 Å². The van der Waals surface area contributed by atoms with Crippen LogP contribution in [0.25, 0.3) is 0 Å². The van der Waals surface area contributed by atoms with E-state index in [1.165, 1.54) is 11.8 Å². The molecule has 9 heteroatoms. The van der Waals surface area contributed by atoms with Gasteiger partial charge in [0, 0.05) is 16.6 Å². The van der Waals surface area contributed by atoms with E-state index in [0.717, 1.165) is 5.56 Å². The van der Waals surface area contributed by atoms with Crippen molar-refractivity contribution in [2.45, 2.75) is 31.3 Å². The van der Waals surface area contributed by atoms with Crippen LogP contribution in [0.15, 0.2) is 66.3 Å². The highest BCUT2D eigenvalue weighted by Gasteiger charge is 2.15. The number of hydrogen-bond donors (Lipinski definition) is 1. The number of amides is 1. The van der Waals surface area contributed by atoms with Crippen molar-refractivity contribution in [3.8, 4) is 5.75 Å². The first-order valence-corrected chi connectivity index (χ1v) is 11.3. The van der Waals surface area contributed by atoms with Crippen molar-refractivity contribution < 1.29 is 9.53 Å². The van der Waals surface area contributed by atoms with Gasteiger partial charge < -0.3 is 10.1 Å². The molecule has 1 amide bonds. The lowest BCUT2D eigenvalue weighted by molar-refractivity contribution is -0.119. The minimum absolute atomic E-state index is 0.0976. The van der Waals surface area contributed by atoms with E-state index in [0.29, 0.717) is 33.3 Å². The van der Waals surface area contributed by atoms with Gasteiger partial charge in [-0.05, 0) is 48.9 Å². The number of benzene rings is 2. The van der Waals surface area contributed by atoms with E-state index in [2.05, 4.69) is 22.1 Å². The summed E-state index contributed by atoms with van der Waals surface area (Å²) in [5.41, 5.74) is 0.985. The van der Waals surface area contributed by atoms with Crippen molar-refractivity contribution in [2.75, 3.05) is 5.75 Å². The number of aromatic nitrogens is 3. The minimum atomic E-state index is -0.125. The number of thioether (sulfide) groups is 1. The maximum atomic E-state index is 12.4. The molecular weight excluding hydrogens is 455 g/mol. The number of carbonyl (C=O) groups excluding carboxylic acids is 1. The lowest BCUT2D eigenvalue weighted by Crippen LogP contribution is -2.28. The van der Waals surface area contributed by atoms with E-state index in [1.54, 1.807) is 42.5 Å². The fourth-order valence-electron chi connectivity index (χ4n) is 2.77. The molecule has 1 aromatic heterocycles. The molecule has 0 bridgehead atoms. The van der Waals surface area contributed by atoms with Crippen molar-refractivity contribution in [3.63, 3.8) is 0 Å². The minimum Gasteiger partial charge on any atom is -0.486 e. The molecular formula is C22H22Cl2N4O2S. The molecule has 2 aromatic carbocycles. The summed E-state index contributed by atoms with van der Waals surface area (Å²) in [5, 5.41) is 13.3. The first kappa shape index (κ1) is 23.2. The zero-order valence-electron chi connectivity index (χ0n) is 16.9. The molecule has 1 unspecified atom stereocenters. The Bertz CT molecular complexity index is 1020. The van der Waals surface area contributed by atoms with Crippen LogP contribution in [0.2, 0.25) is 10.0 Å². The molecule has 0 spiro atoms. The number of rotatable bonds is 10. The Balaban J connectivity index is 1.57. The summed E-state index contributed by atoms with van der Waals surface area (Å²) >= 11 is 13.1. The van der Waals surface area contributed by atoms with Gasteiger partial charge in [-0.2, -0.15) is 0 Å². The smallest absolute Gasteiger partial charge is 0.230 e. The summed E-state index contributed by atoms with van der Waals surface area (Å²) in [6.07, 6.45) is 1.75. The molecule has 6 nitrogen and oxygen atoms in total. The van der Waals surface area contributed by atoms with Gasteiger partial charge in [-0.1, -0.05) is 53.2 Å². The van der Waals surface area contributed by atoms with Crippen molar-refractivity contribution in [2.24, 2.45) is 0 Å². The maximum Gasteiger partial charge on any atom is 0.230 e. The second-order valence-corrected chi connectivity index (χ2v) is 8.49. The topological polar surface area (TPSA) is 69.0 Å². The van der Waals surface area contributed by atoms with E-state index in [-0.39, 0.29) is 24.3 Å². The summed E-state index contributed by atoms with van der Waals surface area (Å²) in [6.45, 7) is 6.47. The Morgan fingerprint density at radius 1 is 1.16 bits per heavy atom. The predicted molar refractivity (Wildman–Crippen MR) is 125 cm³/mol. The average Bonchev–Trinajstić information content (AvgIpc) is 3.14. The van der Waals surface area contributed by atoms with Gasteiger partial charge in [-0.15, -0.1) is 16.8 Å². The molecule has 0 radical (unpaired) electrons. The number of carbonyl (C=O) groups is 1. The Kier molecular flexibility index (Phi) is 8.40. The van der Waals surface area contributed by atoms with Gasteiger partial charge in [0.25, 0.3) is 0 Å². The largest absolute Gasteiger partial charge is 0.486 e. The normalized spacial score (nSPS) is 11.7. The molecule has 1 N–H and O–H groups in total. The van der Waals surface area contributed by atoms with Gasteiger partial charge in [-0.25, -0.2) is 0 Å². The van der Waals surface area contributed by atoms with Crippen LogP contribution < -0.4 is 10.1 Å². The summed E-state index contributed by atoms with van der Waals surface area (Å²) in [5.74, 6) is 1.44. The Morgan fingerprint density at radius 3 is 2.45 bits per heavy atom. The molecule has 1 heterocycles. The summed E-state index contributed by atoms with van der Waals surface area (Å²) < 4.78 is 7.65. The molecule has 162 valence electrons. The monoisotopic (exact) mass is 476 g/mol. The van der Waals surface area contributed by atoms with E-state index in [9.17, 15) is 4.79 Å². The van der Waals surface area contributed by atoms with Gasteiger partial charge in [0.05, 0.1) is 11.8 Å². The van der Waals surface area contributed by atoms with Crippen LogP contribution in [0.1, 0.15) is 24.4 Å². The average molecular weight is 477 g/mol. The molecule has 3 aromatic rings. The number of nitrogens with one attached hydrogen (secondary N) is 1. The fraction of sp³-hybridized carbons (Fsp3) is 0.227. The predicted octanol–water partition coefficient (Wildman–Crippen LogP) is 5.32.